The van der Waals surface area contributed by atoms with Gasteiger partial charge in [0.2, 0.25) is 0 Å². The number of ether oxygens (including phenoxy) is 1. The van der Waals surface area contributed by atoms with Gasteiger partial charge >= 0.3 is 0 Å². The summed E-state index contributed by atoms with van der Waals surface area (Å²) in [6.07, 6.45) is 3.69. The minimum absolute atomic E-state index is 0.241. The maximum absolute atomic E-state index is 10.1. The molecule has 1 N–H and O–H groups in total. The van der Waals surface area contributed by atoms with E-state index in [-0.39, 0.29) is 16.9 Å². The summed E-state index contributed by atoms with van der Waals surface area (Å²) in [4.78, 5) is 0. The summed E-state index contributed by atoms with van der Waals surface area (Å²) in [6, 6.07) is 30.2. The van der Waals surface area contributed by atoms with Crippen molar-refractivity contribution in [2.45, 2.75) is 181 Å². The van der Waals surface area contributed by atoms with Crippen LogP contribution in [-0.4, -0.2) is 11.7 Å². The Bertz CT molecular complexity index is 1900. The van der Waals surface area contributed by atoms with Crippen LogP contribution in [0.2, 0.25) is 0 Å². The second-order valence-corrected chi connectivity index (χ2v) is 19.2. The minimum Gasteiger partial charge on any atom is -0.493 e. The molecular weight excluding hydrogens is 729 g/mol. The Balaban J connectivity index is 0.000000390. The third-order valence-electron chi connectivity index (χ3n) is 11.1. The molecule has 5 rings (SSSR count). The first-order chi connectivity index (χ1) is 27.8. The van der Waals surface area contributed by atoms with Crippen molar-refractivity contribution in [2.24, 2.45) is 0 Å². The first-order valence-corrected chi connectivity index (χ1v) is 22.5. The SMILES string of the molecule is CCCCOc1cc(C)c(C(O)CCC)cc1C.Cc1cc(C(C)(C)C)c(C)cc1C(C)(C)C.Cc1cc(C)c(C)cc1C.Cc1cccc(C)c1.Cc1ccccc1C. The summed E-state index contributed by atoms with van der Waals surface area (Å²) in [5, 5.41) is 10.1. The van der Waals surface area contributed by atoms with Crippen LogP contribution in [0.1, 0.15) is 171 Å². The summed E-state index contributed by atoms with van der Waals surface area (Å²) in [6.45, 7) is 44.3. The van der Waals surface area contributed by atoms with Gasteiger partial charge in [-0.15, -0.1) is 0 Å². The van der Waals surface area contributed by atoms with Gasteiger partial charge in [0.25, 0.3) is 0 Å². The smallest absolute Gasteiger partial charge is 0.122 e. The third-order valence-corrected chi connectivity index (χ3v) is 11.1. The summed E-state index contributed by atoms with van der Waals surface area (Å²) in [7, 11) is 0. The lowest BCUT2D eigenvalue weighted by atomic mass is 9.77. The van der Waals surface area contributed by atoms with Gasteiger partial charge in [-0.25, -0.2) is 0 Å². The van der Waals surface area contributed by atoms with Crippen LogP contribution in [0.25, 0.3) is 0 Å². The number of unbranched alkanes of at least 4 members (excludes halogenated alkanes) is 1. The van der Waals surface area contributed by atoms with Gasteiger partial charge < -0.3 is 9.84 Å². The lowest BCUT2D eigenvalue weighted by Gasteiger charge is -2.28. The molecule has 2 heteroatoms. The van der Waals surface area contributed by atoms with E-state index < -0.39 is 0 Å². The van der Waals surface area contributed by atoms with E-state index in [9.17, 15) is 5.11 Å². The molecule has 0 aliphatic heterocycles. The van der Waals surface area contributed by atoms with Gasteiger partial charge in [-0.3, -0.25) is 0 Å². The Labute approximate surface area is 370 Å². The fourth-order valence-corrected chi connectivity index (χ4v) is 7.09. The van der Waals surface area contributed by atoms with Gasteiger partial charge in [-0.05, 0) is 191 Å². The van der Waals surface area contributed by atoms with Crippen molar-refractivity contribution >= 4 is 0 Å². The Morgan fingerprint density at radius 1 is 0.450 bits per heavy atom. The lowest BCUT2D eigenvalue weighted by Crippen LogP contribution is -2.18. The molecule has 0 aromatic heterocycles. The molecule has 60 heavy (non-hydrogen) atoms. The van der Waals surface area contributed by atoms with Crippen molar-refractivity contribution < 1.29 is 9.84 Å². The monoisotopic (exact) mass is 815 g/mol. The number of benzene rings is 5. The third kappa shape index (κ3) is 19.1. The zero-order valence-electron chi connectivity index (χ0n) is 42.1. The standard InChI is InChI=1S/C16H26O2.C16H26.C10H14.2C8H10/c1-5-7-9-18-16-11-12(3)14(10-13(16)4)15(17)8-6-2;1-11-9-14(16(6,7)8)12(2)10-13(11)15(3,4)5;1-7-5-9(3)10(4)6-8(7)2;1-7-4-3-5-8(2)6-7;1-7-5-3-4-6-8(7)2/h10-11,15,17H,5-9H2,1-4H3;9-10H,1-8H3;5-6H,1-4H3;2*3-6H,1-2H3. The average molecular weight is 815 g/mol. The molecular formula is C58H86O2. The predicted octanol–water partition coefficient (Wildman–Crippen LogP) is 16.7. The van der Waals surface area contributed by atoms with E-state index in [0.717, 1.165) is 54.7 Å². The van der Waals surface area contributed by atoms with Gasteiger partial charge in [0.15, 0.2) is 0 Å². The van der Waals surface area contributed by atoms with Crippen molar-refractivity contribution in [3.63, 3.8) is 0 Å². The van der Waals surface area contributed by atoms with Gasteiger partial charge in [-0.2, -0.15) is 0 Å². The Morgan fingerprint density at radius 3 is 1.22 bits per heavy atom. The number of hydrogen-bond donors (Lipinski definition) is 1. The molecule has 1 atom stereocenters. The van der Waals surface area contributed by atoms with Crippen molar-refractivity contribution in [1.29, 1.82) is 0 Å². The summed E-state index contributed by atoms with van der Waals surface area (Å²) in [5.41, 5.74) is 20.5. The topological polar surface area (TPSA) is 29.5 Å². The highest BCUT2D eigenvalue weighted by molar-refractivity contribution is 5.44. The van der Waals surface area contributed by atoms with Gasteiger partial charge in [0.05, 0.1) is 12.7 Å². The highest BCUT2D eigenvalue weighted by atomic mass is 16.5. The van der Waals surface area contributed by atoms with E-state index in [1.807, 2.05) is 13.8 Å². The molecule has 0 radical (unpaired) electrons. The molecule has 5 aromatic rings. The Kier molecular flexibility index (Phi) is 23.0. The number of rotatable bonds is 7. The maximum Gasteiger partial charge on any atom is 0.122 e. The fourth-order valence-electron chi connectivity index (χ4n) is 7.09. The number of aliphatic hydroxyl groups is 1. The van der Waals surface area contributed by atoms with Crippen molar-refractivity contribution in [3.8, 4) is 5.75 Å². The van der Waals surface area contributed by atoms with Crippen LogP contribution in [-0.2, 0) is 10.8 Å². The summed E-state index contributed by atoms with van der Waals surface area (Å²) < 4.78 is 5.77. The lowest BCUT2D eigenvalue weighted by molar-refractivity contribution is 0.165. The van der Waals surface area contributed by atoms with Crippen LogP contribution >= 0.6 is 0 Å². The van der Waals surface area contributed by atoms with Crippen molar-refractivity contribution in [1.82, 2.24) is 0 Å². The van der Waals surface area contributed by atoms with Crippen LogP contribution in [0.4, 0.5) is 0 Å². The molecule has 330 valence electrons. The molecule has 0 amide bonds. The molecule has 0 aliphatic rings. The summed E-state index contributed by atoms with van der Waals surface area (Å²) >= 11 is 0. The Hall–Kier alpha value is -4.14. The molecule has 0 bridgehead atoms. The van der Waals surface area contributed by atoms with Crippen LogP contribution in [0.5, 0.6) is 5.75 Å². The first kappa shape index (κ1) is 53.9. The zero-order valence-corrected chi connectivity index (χ0v) is 42.1. The predicted molar refractivity (Wildman–Crippen MR) is 267 cm³/mol. The molecule has 5 aromatic carbocycles. The highest BCUT2D eigenvalue weighted by Crippen LogP contribution is 2.33. The van der Waals surface area contributed by atoms with E-state index in [0.29, 0.717) is 0 Å². The molecule has 0 saturated heterocycles. The second kappa shape index (κ2) is 25.6. The quantitative estimate of drug-likeness (QED) is 0.166. The van der Waals surface area contributed by atoms with E-state index in [4.69, 9.17) is 4.74 Å². The number of hydrogen-bond acceptors (Lipinski definition) is 2. The molecule has 0 spiro atoms. The van der Waals surface area contributed by atoms with Crippen LogP contribution in [0.15, 0.2) is 84.9 Å². The number of aliphatic hydroxyl groups excluding tert-OH is 1. The van der Waals surface area contributed by atoms with Crippen LogP contribution in [0, 0.1) is 83.1 Å². The Morgan fingerprint density at radius 2 is 0.883 bits per heavy atom. The van der Waals surface area contributed by atoms with Crippen LogP contribution < -0.4 is 4.74 Å². The molecule has 1 unspecified atom stereocenters. The molecule has 0 aliphatic carbocycles. The molecule has 0 fully saturated rings. The van der Waals surface area contributed by atoms with Crippen molar-refractivity contribution in [2.75, 3.05) is 6.61 Å². The van der Waals surface area contributed by atoms with E-state index in [1.54, 1.807) is 0 Å². The van der Waals surface area contributed by atoms with Gasteiger partial charge in [0, 0.05) is 0 Å². The first-order valence-electron chi connectivity index (χ1n) is 22.5. The van der Waals surface area contributed by atoms with Crippen molar-refractivity contribution in [3.05, 3.63) is 168 Å². The van der Waals surface area contributed by atoms with Crippen LogP contribution in [0.3, 0.4) is 0 Å². The maximum atomic E-state index is 10.1. The second-order valence-electron chi connectivity index (χ2n) is 19.2. The van der Waals surface area contributed by atoms with E-state index >= 15 is 0 Å². The van der Waals surface area contributed by atoms with Gasteiger partial charge in [0.1, 0.15) is 5.75 Å². The summed E-state index contributed by atoms with van der Waals surface area (Å²) in [5.74, 6) is 0.952. The largest absolute Gasteiger partial charge is 0.493 e. The average Bonchev–Trinajstić information content (AvgIpc) is 3.14. The van der Waals surface area contributed by atoms with E-state index in [1.165, 1.54) is 66.8 Å². The number of aryl methyl sites for hydroxylation is 12. The fraction of sp³-hybridized carbons (Fsp3) is 0.483. The van der Waals surface area contributed by atoms with Gasteiger partial charge in [-0.1, -0.05) is 152 Å². The minimum atomic E-state index is -0.349. The molecule has 2 nitrogen and oxygen atoms in total. The molecule has 0 saturated carbocycles. The normalized spacial score (nSPS) is 11.3. The zero-order chi connectivity index (χ0) is 46.0. The molecule has 0 heterocycles. The van der Waals surface area contributed by atoms with E-state index in [2.05, 4.69) is 210 Å². The highest BCUT2D eigenvalue weighted by Gasteiger charge is 2.22.